The van der Waals surface area contributed by atoms with Crippen molar-refractivity contribution in [3.8, 4) is 17.2 Å². The van der Waals surface area contributed by atoms with E-state index in [0.717, 1.165) is 24.3 Å². The van der Waals surface area contributed by atoms with Crippen molar-refractivity contribution < 1.29 is 58.5 Å². The molecule has 0 saturated heterocycles. The number of hydrogen-bond acceptors (Lipinski definition) is 5. The molecule has 2 atom stereocenters. The zero-order valence-corrected chi connectivity index (χ0v) is 20.6. The Labute approximate surface area is 224 Å². The van der Waals surface area contributed by atoms with Gasteiger partial charge in [0.15, 0.2) is 6.10 Å². The van der Waals surface area contributed by atoms with Crippen LogP contribution in [0.2, 0.25) is 0 Å². The first-order chi connectivity index (χ1) is 18.5. The lowest BCUT2D eigenvalue weighted by Crippen LogP contribution is -2.40. The van der Waals surface area contributed by atoms with E-state index in [-0.39, 0.29) is 39.3 Å². The first-order valence-electron chi connectivity index (χ1n) is 11.1. The van der Waals surface area contributed by atoms with E-state index in [1.807, 2.05) is 0 Å². The van der Waals surface area contributed by atoms with Crippen LogP contribution in [-0.2, 0) is 0 Å². The van der Waals surface area contributed by atoms with Gasteiger partial charge in [-0.15, -0.1) is 0 Å². The van der Waals surface area contributed by atoms with Crippen molar-refractivity contribution in [2.45, 2.75) is 41.3 Å². The summed E-state index contributed by atoms with van der Waals surface area (Å²) < 4.78 is 138. The summed E-state index contributed by atoms with van der Waals surface area (Å²) in [7, 11) is 0. The van der Waals surface area contributed by atoms with Gasteiger partial charge < -0.3 is 19.9 Å². The fourth-order valence-corrected chi connectivity index (χ4v) is 3.92. The van der Waals surface area contributed by atoms with Gasteiger partial charge in [-0.1, -0.05) is 30.3 Å². The summed E-state index contributed by atoms with van der Waals surface area (Å²) in [5, 5.41) is 11.9. The minimum Gasteiger partial charge on any atom is -0.457 e. The molecule has 0 bridgehead atoms. The summed E-state index contributed by atoms with van der Waals surface area (Å²) in [6, 6.07) is 13.7. The molecule has 0 amide bonds. The number of ether oxygens (including phenoxy) is 2. The van der Waals surface area contributed by atoms with E-state index in [1.54, 1.807) is 0 Å². The Morgan fingerprint density at radius 1 is 0.750 bits per heavy atom. The Hall–Kier alpha value is -3.17. The Kier molecular flexibility index (Phi) is 9.85. The fourth-order valence-electron chi connectivity index (χ4n) is 3.33. The third kappa shape index (κ3) is 9.20. The maximum atomic E-state index is 13.4. The molecule has 15 heteroatoms. The summed E-state index contributed by atoms with van der Waals surface area (Å²) in [6.07, 6.45) is -16.7. The molecule has 0 fully saturated rings. The molecule has 4 nitrogen and oxygen atoms in total. The van der Waals surface area contributed by atoms with Gasteiger partial charge in [0, 0.05) is 11.4 Å². The number of rotatable bonds is 11. The molecule has 40 heavy (non-hydrogen) atoms. The molecule has 0 aromatic heterocycles. The van der Waals surface area contributed by atoms with Gasteiger partial charge in [0.1, 0.15) is 17.2 Å². The van der Waals surface area contributed by atoms with Gasteiger partial charge in [0.05, 0.1) is 6.04 Å². The second kappa shape index (κ2) is 12.6. The highest BCUT2D eigenvalue weighted by Gasteiger charge is 2.44. The van der Waals surface area contributed by atoms with Gasteiger partial charge in [0.25, 0.3) is 0 Å². The lowest BCUT2D eigenvalue weighted by atomic mass is 9.98. The molecule has 0 saturated carbocycles. The molecule has 0 aliphatic carbocycles. The van der Waals surface area contributed by atoms with Crippen molar-refractivity contribution in [3.05, 3.63) is 83.9 Å². The summed E-state index contributed by atoms with van der Waals surface area (Å²) in [6.45, 7) is -1.02. The number of benzene rings is 3. The van der Waals surface area contributed by atoms with E-state index in [9.17, 15) is 49.0 Å². The van der Waals surface area contributed by atoms with Crippen LogP contribution in [0.3, 0.4) is 0 Å². The zero-order chi connectivity index (χ0) is 29.7. The average Bonchev–Trinajstić information content (AvgIpc) is 2.83. The Morgan fingerprint density at radius 3 is 1.98 bits per heavy atom. The van der Waals surface area contributed by atoms with Gasteiger partial charge in [-0.2, -0.15) is 43.9 Å². The maximum Gasteiger partial charge on any atom is 0.461 e. The van der Waals surface area contributed by atoms with E-state index in [1.165, 1.54) is 48.5 Å². The standard InChI is InChI=1S/C25H19F10NO3S/c26-22(27)24(31,32)39-18-5-1-3-15(11-18)21(36-13-20(37)23(28,29)30)14-7-9-16(10-8-14)38-17-4-2-6-19(12-17)40-25(33,34)35/h1-12,20-22,36-37H,13H2. The van der Waals surface area contributed by atoms with E-state index in [4.69, 9.17) is 4.74 Å². The molecule has 2 unspecified atom stereocenters. The largest absolute Gasteiger partial charge is 0.461 e. The third-order valence-electron chi connectivity index (χ3n) is 5.08. The maximum absolute atomic E-state index is 13.4. The predicted molar refractivity (Wildman–Crippen MR) is 125 cm³/mol. The number of thioether (sulfide) groups is 1. The summed E-state index contributed by atoms with van der Waals surface area (Å²) in [4.78, 5) is -0.131. The molecule has 0 aliphatic heterocycles. The lowest BCUT2D eigenvalue weighted by molar-refractivity contribution is -0.253. The average molecular weight is 603 g/mol. The minimum atomic E-state index is -4.97. The number of aliphatic hydroxyl groups excluding tert-OH is 1. The Bertz CT molecular complexity index is 1250. The summed E-state index contributed by atoms with van der Waals surface area (Å²) >= 11 is -0.343. The molecular weight excluding hydrogens is 584 g/mol. The van der Waals surface area contributed by atoms with Crippen LogP contribution in [-0.4, -0.2) is 42.0 Å². The van der Waals surface area contributed by atoms with Crippen molar-refractivity contribution in [3.63, 3.8) is 0 Å². The van der Waals surface area contributed by atoms with Crippen LogP contribution in [0.15, 0.2) is 77.7 Å². The van der Waals surface area contributed by atoms with Crippen LogP contribution < -0.4 is 14.8 Å². The molecular formula is C25H19F10NO3S. The quantitative estimate of drug-likeness (QED) is 0.172. The minimum absolute atomic E-state index is 0.0301. The van der Waals surface area contributed by atoms with Crippen LogP contribution in [0.25, 0.3) is 0 Å². The van der Waals surface area contributed by atoms with Gasteiger partial charge in [-0.3, -0.25) is 0 Å². The molecule has 3 aromatic carbocycles. The van der Waals surface area contributed by atoms with Gasteiger partial charge in [0.2, 0.25) is 0 Å². The highest BCUT2D eigenvalue weighted by Crippen LogP contribution is 2.39. The van der Waals surface area contributed by atoms with Crippen molar-refractivity contribution in [1.29, 1.82) is 0 Å². The second-order valence-electron chi connectivity index (χ2n) is 8.13. The molecule has 2 N–H and O–H groups in total. The lowest BCUT2D eigenvalue weighted by Gasteiger charge is -2.24. The van der Waals surface area contributed by atoms with Crippen molar-refractivity contribution in [1.82, 2.24) is 5.32 Å². The monoisotopic (exact) mass is 603 g/mol. The van der Waals surface area contributed by atoms with Gasteiger partial charge in [-0.05, 0) is 65.4 Å². The smallest absolute Gasteiger partial charge is 0.457 e. The van der Waals surface area contributed by atoms with Crippen LogP contribution in [0, 0.1) is 0 Å². The number of halogens is 10. The van der Waals surface area contributed by atoms with E-state index in [2.05, 4.69) is 10.1 Å². The van der Waals surface area contributed by atoms with Crippen LogP contribution in [0.4, 0.5) is 43.9 Å². The molecule has 218 valence electrons. The van der Waals surface area contributed by atoms with E-state index < -0.39 is 48.7 Å². The van der Waals surface area contributed by atoms with Gasteiger partial charge in [-0.25, -0.2) is 0 Å². The number of alkyl halides is 10. The van der Waals surface area contributed by atoms with E-state index >= 15 is 0 Å². The topological polar surface area (TPSA) is 50.7 Å². The SMILES string of the molecule is OC(CNC(c1ccc(Oc2cccc(SC(F)(F)F)c2)cc1)c1cccc(OC(F)(F)C(F)F)c1)C(F)(F)F. The highest BCUT2D eigenvalue weighted by atomic mass is 32.2. The zero-order valence-electron chi connectivity index (χ0n) is 19.8. The highest BCUT2D eigenvalue weighted by molar-refractivity contribution is 8.00. The molecule has 3 aromatic rings. The Morgan fingerprint density at radius 2 is 1.38 bits per heavy atom. The number of hydrogen-bond donors (Lipinski definition) is 2. The third-order valence-corrected chi connectivity index (χ3v) is 5.80. The fraction of sp³-hybridized carbons (Fsp3) is 0.280. The van der Waals surface area contributed by atoms with Crippen molar-refractivity contribution >= 4 is 11.8 Å². The van der Waals surface area contributed by atoms with Crippen LogP contribution in [0.1, 0.15) is 17.2 Å². The van der Waals surface area contributed by atoms with Crippen molar-refractivity contribution in [2.75, 3.05) is 6.54 Å². The van der Waals surface area contributed by atoms with Gasteiger partial charge >= 0.3 is 24.2 Å². The molecule has 3 rings (SSSR count). The molecule has 0 heterocycles. The Balaban J connectivity index is 1.86. The number of aliphatic hydroxyl groups is 1. The first kappa shape index (κ1) is 31.4. The normalized spacial score (nSPS) is 14.2. The molecule has 0 spiro atoms. The summed E-state index contributed by atoms with van der Waals surface area (Å²) in [5.74, 6) is -0.488. The first-order valence-corrected chi connectivity index (χ1v) is 11.9. The molecule has 0 radical (unpaired) electrons. The van der Waals surface area contributed by atoms with Crippen LogP contribution in [0.5, 0.6) is 17.2 Å². The predicted octanol–water partition coefficient (Wildman–Crippen LogP) is 7.93. The van der Waals surface area contributed by atoms with E-state index in [0.29, 0.717) is 0 Å². The van der Waals surface area contributed by atoms with Crippen LogP contribution >= 0.6 is 11.8 Å². The van der Waals surface area contributed by atoms with Crippen molar-refractivity contribution in [2.24, 2.45) is 0 Å². The number of nitrogens with one attached hydrogen (secondary N) is 1. The molecule has 0 aliphatic rings. The summed E-state index contributed by atoms with van der Waals surface area (Å²) in [5.41, 5.74) is -4.25. The second-order valence-corrected chi connectivity index (χ2v) is 9.27.